The maximum atomic E-state index is 12.8. The van der Waals surface area contributed by atoms with Gasteiger partial charge in [0.1, 0.15) is 12.4 Å². The Morgan fingerprint density at radius 3 is 2.46 bits per heavy atom. The van der Waals surface area contributed by atoms with E-state index >= 15 is 0 Å². The van der Waals surface area contributed by atoms with Crippen molar-refractivity contribution in [1.29, 1.82) is 0 Å². The Kier molecular flexibility index (Phi) is 6.01. The van der Waals surface area contributed by atoms with Gasteiger partial charge in [-0.1, -0.05) is 35.9 Å². The molecule has 2 aromatic carbocycles. The highest BCUT2D eigenvalue weighted by Gasteiger charge is 2.38. The van der Waals surface area contributed by atoms with Crippen LogP contribution in [0.4, 0.5) is 0 Å². The van der Waals surface area contributed by atoms with Gasteiger partial charge in [0, 0.05) is 33.3 Å². The van der Waals surface area contributed by atoms with Crippen LogP contribution in [0.3, 0.4) is 0 Å². The Hall–Kier alpha value is -2.04. The predicted octanol–water partition coefficient (Wildman–Crippen LogP) is 4.96. The van der Waals surface area contributed by atoms with E-state index in [1.54, 1.807) is 6.07 Å². The van der Waals surface area contributed by atoms with Gasteiger partial charge in [-0.3, -0.25) is 4.79 Å². The Labute approximate surface area is 172 Å². The van der Waals surface area contributed by atoms with E-state index in [1.165, 1.54) is 0 Å². The van der Waals surface area contributed by atoms with Gasteiger partial charge in [-0.15, -0.1) is 0 Å². The molecule has 1 heterocycles. The zero-order valence-corrected chi connectivity index (χ0v) is 17.8. The summed E-state index contributed by atoms with van der Waals surface area (Å²) in [5.41, 5.74) is 1.49. The first-order chi connectivity index (χ1) is 13.1. The number of hydrogen-bond donors (Lipinski definition) is 2. The predicted molar refractivity (Wildman–Crippen MR) is 114 cm³/mol. The molecule has 2 N–H and O–H groups in total. The summed E-state index contributed by atoms with van der Waals surface area (Å²) in [5, 5.41) is 7.51. The van der Waals surface area contributed by atoms with Crippen LogP contribution in [-0.2, 0) is 6.61 Å². The fourth-order valence-corrected chi connectivity index (χ4v) is 4.39. The average Bonchev–Trinajstić information content (AvgIpc) is 2.58. The minimum Gasteiger partial charge on any atom is -0.489 e. The van der Waals surface area contributed by atoms with Crippen LogP contribution in [0.2, 0.25) is 5.02 Å². The van der Waals surface area contributed by atoms with Crippen LogP contribution >= 0.6 is 11.6 Å². The number of nitrogens with one attached hydrogen (secondary N) is 2. The summed E-state index contributed by atoms with van der Waals surface area (Å²) in [6.07, 6.45) is 1.79. The number of rotatable bonds is 5. The number of piperidine rings is 1. The van der Waals surface area contributed by atoms with Gasteiger partial charge in [0.25, 0.3) is 5.91 Å². The number of amides is 1. The maximum Gasteiger partial charge on any atom is 0.251 e. The highest BCUT2D eigenvalue weighted by molar-refractivity contribution is 6.31. The first-order valence-corrected chi connectivity index (χ1v) is 10.1. The third-order valence-electron chi connectivity index (χ3n) is 4.97. The fraction of sp³-hybridized carbons (Fsp3) is 0.435. The molecule has 0 spiro atoms. The Morgan fingerprint density at radius 1 is 1.11 bits per heavy atom. The molecular weight excluding hydrogens is 372 g/mol. The number of benzene rings is 2. The monoisotopic (exact) mass is 400 g/mol. The van der Waals surface area contributed by atoms with E-state index in [1.807, 2.05) is 42.5 Å². The third kappa shape index (κ3) is 5.49. The number of hydrogen-bond acceptors (Lipinski definition) is 3. The largest absolute Gasteiger partial charge is 0.489 e. The number of ether oxygens (including phenoxy) is 1. The minimum atomic E-state index is -0.0679. The second kappa shape index (κ2) is 8.14. The normalized spacial score (nSPS) is 18.5. The van der Waals surface area contributed by atoms with E-state index in [9.17, 15) is 4.79 Å². The lowest BCUT2D eigenvalue weighted by molar-refractivity contribution is 0.0872. The molecule has 0 radical (unpaired) electrons. The van der Waals surface area contributed by atoms with Gasteiger partial charge < -0.3 is 15.4 Å². The molecular formula is C23H29ClN2O2. The highest BCUT2D eigenvalue weighted by Crippen LogP contribution is 2.29. The molecule has 1 aliphatic rings. The van der Waals surface area contributed by atoms with Crippen molar-refractivity contribution in [2.24, 2.45) is 0 Å². The number of carbonyl (C=O) groups excluding carboxylic acids is 1. The van der Waals surface area contributed by atoms with Crippen LogP contribution in [0.25, 0.3) is 0 Å². The molecule has 1 amide bonds. The second-order valence-corrected chi connectivity index (χ2v) is 9.29. The van der Waals surface area contributed by atoms with Gasteiger partial charge in [-0.2, -0.15) is 0 Å². The molecule has 150 valence electrons. The van der Waals surface area contributed by atoms with Gasteiger partial charge in [-0.05, 0) is 64.8 Å². The molecule has 0 aliphatic carbocycles. The van der Waals surface area contributed by atoms with E-state index in [4.69, 9.17) is 16.3 Å². The summed E-state index contributed by atoms with van der Waals surface area (Å²) < 4.78 is 5.85. The fourth-order valence-electron chi connectivity index (χ4n) is 4.20. The van der Waals surface area contributed by atoms with Gasteiger partial charge in [0.2, 0.25) is 0 Å². The van der Waals surface area contributed by atoms with Crippen molar-refractivity contribution >= 4 is 17.5 Å². The molecule has 0 unspecified atom stereocenters. The molecule has 0 atom stereocenters. The molecule has 5 heteroatoms. The lowest BCUT2D eigenvalue weighted by atomic mass is 9.79. The molecule has 1 aliphatic heterocycles. The smallest absolute Gasteiger partial charge is 0.251 e. The third-order valence-corrected chi connectivity index (χ3v) is 5.34. The van der Waals surface area contributed by atoms with E-state index in [2.05, 4.69) is 38.3 Å². The minimum absolute atomic E-state index is 0.0143. The Balaban J connectivity index is 1.64. The van der Waals surface area contributed by atoms with Gasteiger partial charge in [0.15, 0.2) is 0 Å². The van der Waals surface area contributed by atoms with Crippen molar-refractivity contribution in [3.63, 3.8) is 0 Å². The van der Waals surface area contributed by atoms with Crippen LogP contribution in [0.1, 0.15) is 56.5 Å². The molecule has 4 nitrogen and oxygen atoms in total. The van der Waals surface area contributed by atoms with Crippen molar-refractivity contribution in [1.82, 2.24) is 10.6 Å². The Bertz CT molecular complexity index is 832. The Morgan fingerprint density at radius 2 is 1.79 bits per heavy atom. The average molecular weight is 401 g/mol. The second-order valence-electron chi connectivity index (χ2n) is 8.88. The zero-order valence-electron chi connectivity index (χ0n) is 17.0. The number of carbonyl (C=O) groups is 1. The van der Waals surface area contributed by atoms with Crippen molar-refractivity contribution in [3.8, 4) is 5.75 Å². The standard InChI is InChI=1S/C23H29ClN2O2/c1-22(2)13-18(14-23(3,4)26-22)25-21(27)16-9-7-10-19(12-16)28-15-17-8-5-6-11-20(17)24/h5-12,18,26H,13-15H2,1-4H3,(H,25,27). The summed E-state index contributed by atoms with van der Waals surface area (Å²) in [6, 6.07) is 15.0. The van der Waals surface area contributed by atoms with Crippen molar-refractivity contribution < 1.29 is 9.53 Å². The quantitative estimate of drug-likeness (QED) is 0.745. The van der Waals surface area contributed by atoms with Crippen LogP contribution in [0.15, 0.2) is 48.5 Å². The van der Waals surface area contributed by atoms with Gasteiger partial charge >= 0.3 is 0 Å². The summed E-state index contributed by atoms with van der Waals surface area (Å²) in [6.45, 7) is 9.07. The van der Waals surface area contributed by atoms with Gasteiger partial charge in [-0.25, -0.2) is 0 Å². The molecule has 1 fully saturated rings. The summed E-state index contributed by atoms with van der Waals surface area (Å²) in [5.74, 6) is 0.584. The lowest BCUT2D eigenvalue weighted by Gasteiger charge is -2.46. The highest BCUT2D eigenvalue weighted by atomic mass is 35.5. The molecule has 0 saturated carbocycles. The molecule has 0 aromatic heterocycles. The van der Waals surface area contributed by atoms with Crippen molar-refractivity contribution in [2.45, 2.75) is 64.3 Å². The number of halogens is 1. The zero-order chi connectivity index (χ0) is 20.4. The maximum absolute atomic E-state index is 12.8. The van der Waals surface area contributed by atoms with E-state index in [-0.39, 0.29) is 23.0 Å². The van der Waals surface area contributed by atoms with Crippen molar-refractivity contribution in [3.05, 3.63) is 64.7 Å². The van der Waals surface area contributed by atoms with Crippen LogP contribution in [0.5, 0.6) is 5.75 Å². The molecule has 3 rings (SSSR count). The first-order valence-electron chi connectivity index (χ1n) is 9.70. The van der Waals surface area contributed by atoms with Crippen LogP contribution < -0.4 is 15.4 Å². The summed E-state index contributed by atoms with van der Waals surface area (Å²) in [4.78, 5) is 12.8. The van der Waals surface area contributed by atoms with Gasteiger partial charge in [0.05, 0.1) is 0 Å². The molecule has 1 saturated heterocycles. The SMILES string of the molecule is CC1(C)CC(NC(=O)c2cccc(OCc3ccccc3Cl)c2)CC(C)(C)N1. The summed E-state index contributed by atoms with van der Waals surface area (Å²) in [7, 11) is 0. The molecule has 2 aromatic rings. The first kappa shape index (κ1) is 20.7. The molecule has 0 bridgehead atoms. The van der Waals surface area contributed by atoms with Crippen molar-refractivity contribution in [2.75, 3.05) is 0 Å². The lowest BCUT2D eigenvalue weighted by Crippen LogP contribution is -2.62. The van der Waals surface area contributed by atoms with E-state index in [0.29, 0.717) is 22.9 Å². The topological polar surface area (TPSA) is 50.4 Å². The molecule has 28 heavy (non-hydrogen) atoms. The van der Waals surface area contributed by atoms with Crippen LogP contribution in [0, 0.1) is 0 Å². The van der Waals surface area contributed by atoms with E-state index < -0.39 is 0 Å². The van der Waals surface area contributed by atoms with E-state index in [0.717, 1.165) is 18.4 Å². The van der Waals surface area contributed by atoms with Crippen LogP contribution in [-0.4, -0.2) is 23.0 Å². The summed E-state index contributed by atoms with van der Waals surface area (Å²) >= 11 is 6.18.